The van der Waals surface area contributed by atoms with Gasteiger partial charge in [-0.2, -0.15) is 0 Å². The molecular formula is C33H39NO4Si. The zero-order valence-corrected chi connectivity index (χ0v) is 24.0. The summed E-state index contributed by atoms with van der Waals surface area (Å²) in [7, 11) is 0.253. The second-order valence-electron chi connectivity index (χ2n) is 11.6. The van der Waals surface area contributed by atoms with Gasteiger partial charge in [-0.05, 0) is 78.5 Å². The highest BCUT2D eigenvalue weighted by molar-refractivity contribution is 6.77. The smallest absolute Gasteiger partial charge is 0.300 e. The summed E-state index contributed by atoms with van der Waals surface area (Å²) < 4.78 is 11.9. The first-order valence-electron chi connectivity index (χ1n) is 14.5. The van der Waals surface area contributed by atoms with Gasteiger partial charge in [0.15, 0.2) is 0 Å². The van der Waals surface area contributed by atoms with Gasteiger partial charge in [0.05, 0.1) is 22.5 Å². The van der Waals surface area contributed by atoms with E-state index in [-0.39, 0.29) is 0 Å². The predicted octanol–water partition coefficient (Wildman–Crippen LogP) is 6.22. The lowest BCUT2D eigenvalue weighted by Crippen LogP contribution is -2.36. The molecule has 0 spiro atoms. The Kier molecular flexibility index (Phi) is 7.64. The maximum absolute atomic E-state index is 11.4. The van der Waals surface area contributed by atoms with E-state index in [2.05, 4.69) is 59.5 Å². The molecule has 0 amide bonds. The van der Waals surface area contributed by atoms with Gasteiger partial charge in [0, 0.05) is 36.5 Å². The molecule has 3 fully saturated rings. The summed E-state index contributed by atoms with van der Waals surface area (Å²) in [6.45, 7) is 2.69. The molecule has 0 unspecified atom stereocenters. The van der Waals surface area contributed by atoms with Crippen molar-refractivity contribution in [1.82, 2.24) is 0 Å². The first kappa shape index (κ1) is 26.0. The zero-order chi connectivity index (χ0) is 26.8. The van der Waals surface area contributed by atoms with Crippen LogP contribution in [0.2, 0.25) is 11.6 Å². The Morgan fingerprint density at radius 2 is 1.69 bits per heavy atom. The van der Waals surface area contributed by atoms with Gasteiger partial charge in [-0.3, -0.25) is 4.79 Å². The van der Waals surface area contributed by atoms with E-state index < -0.39 is 14.8 Å². The number of piperidine rings is 1. The van der Waals surface area contributed by atoms with Crippen molar-refractivity contribution >= 4 is 25.6 Å². The Morgan fingerprint density at radius 3 is 2.36 bits per heavy atom. The molecule has 0 aromatic heterocycles. The average molecular weight is 542 g/mol. The molecule has 5 nitrogen and oxygen atoms in total. The number of methoxy groups -OCH3 is 1. The van der Waals surface area contributed by atoms with Crippen LogP contribution >= 0.6 is 0 Å². The van der Waals surface area contributed by atoms with Gasteiger partial charge in [0.2, 0.25) is 0 Å². The molecule has 1 heterocycles. The third kappa shape index (κ3) is 6.33. The number of hydrogen-bond acceptors (Lipinski definition) is 4. The summed E-state index contributed by atoms with van der Waals surface area (Å²) in [4.78, 5) is 13.9. The lowest BCUT2D eigenvalue weighted by atomic mass is 9.95. The monoisotopic (exact) mass is 541 g/mol. The maximum Gasteiger partial charge on any atom is 0.300 e. The number of carbonyl (C=O) groups is 1. The number of ether oxygens (including phenoxy) is 2. The second kappa shape index (κ2) is 11.5. The molecule has 204 valence electrons. The number of nitrogens with zero attached hydrogens (tertiary/aromatic N) is 1. The van der Waals surface area contributed by atoms with Crippen LogP contribution in [0.4, 0.5) is 5.69 Å². The molecule has 3 aromatic carbocycles. The van der Waals surface area contributed by atoms with Gasteiger partial charge < -0.3 is 19.5 Å². The van der Waals surface area contributed by atoms with Crippen molar-refractivity contribution in [3.63, 3.8) is 0 Å². The van der Waals surface area contributed by atoms with Crippen molar-refractivity contribution in [3.05, 3.63) is 72.3 Å². The minimum absolute atomic E-state index is 0.337. The molecule has 1 N–H and O–H groups in total. The molecule has 39 heavy (non-hydrogen) atoms. The number of carboxylic acid groups (broad SMARTS) is 1. The minimum Gasteiger partial charge on any atom is -0.497 e. The number of rotatable bonds is 11. The van der Waals surface area contributed by atoms with E-state index in [0.29, 0.717) is 24.1 Å². The van der Waals surface area contributed by atoms with Crippen molar-refractivity contribution in [2.45, 2.75) is 56.0 Å². The minimum atomic E-state index is -1.48. The first-order chi connectivity index (χ1) is 19.1. The number of hydrogen-bond donors (Lipinski definition) is 1. The van der Waals surface area contributed by atoms with Gasteiger partial charge in [-0.15, -0.1) is 0 Å². The zero-order valence-electron chi connectivity index (χ0n) is 22.9. The fourth-order valence-corrected chi connectivity index (χ4v) is 9.35. The fraction of sp³-hybridized carbons (Fsp3) is 0.424. The van der Waals surface area contributed by atoms with Gasteiger partial charge in [-0.1, -0.05) is 54.4 Å². The molecule has 0 radical (unpaired) electrons. The van der Waals surface area contributed by atoms with Gasteiger partial charge >= 0.3 is 5.97 Å². The van der Waals surface area contributed by atoms with E-state index in [4.69, 9.17) is 9.47 Å². The summed E-state index contributed by atoms with van der Waals surface area (Å²) in [5.74, 6) is 2.40. The summed E-state index contributed by atoms with van der Waals surface area (Å²) in [5.41, 5.74) is 5.87. The molecule has 1 atom stereocenters. The Morgan fingerprint density at radius 1 is 0.923 bits per heavy atom. The summed E-state index contributed by atoms with van der Waals surface area (Å²) in [5, 5.41) is 10.6. The number of aliphatic carboxylic acids is 1. The Hall–Kier alpha value is -3.25. The van der Waals surface area contributed by atoms with Crippen LogP contribution in [0, 0.1) is 5.92 Å². The van der Waals surface area contributed by atoms with Crippen LogP contribution in [-0.4, -0.2) is 46.7 Å². The van der Waals surface area contributed by atoms with Crippen LogP contribution in [0.1, 0.15) is 50.0 Å². The number of anilines is 1. The highest BCUT2D eigenvalue weighted by Crippen LogP contribution is 2.42. The van der Waals surface area contributed by atoms with Gasteiger partial charge in [0.1, 0.15) is 11.5 Å². The third-order valence-corrected chi connectivity index (χ3v) is 12.6. The molecule has 2 saturated carbocycles. The number of benzene rings is 3. The maximum atomic E-state index is 11.4. The normalized spacial score (nSPS) is 18.5. The predicted molar refractivity (Wildman–Crippen MR) is 159 cm³/mol. The first-order valence-corrected chi connectivity index (χ1v) is 16.6. The van der Waals surface area contributed by atoms with Gasteiger partial charge in [-0.25, -0.2) is 0 Å². The van der Waals surface area contributed by atoms with Crippen molar-refractivity contribution in [1.29, 1.82) is 0 Å². The summed E-state index contributed by atoms with van der Waals surface area (Å²) >= 11 is 0. The van der Waals surface area contributed by atoms with Crippen LogP contribution in [0.15, 0.2) is 66.7 Å². The van der Waals surface area contributed by atoms with E-state index >= 15 is 0 Å². The quantitative estimate of drug-likeness (QED) is 0.292. The number of carboxylic acids is 1. The van der Waals surface area contributed by atoms with Crippen molar-refractivity contribution in [2.24, 2.45) is 5.92 Å². The highest BCUT2D eigenvalue weighted by atomic mass is 28.3. The largest absolute Gasteiger partial charge is 0.497 e. The summed E-state index contributed by atoms with van der Waals surface area (Å²) in [6.07, 6.45) is 7.18. The Labute approximate surface area is 233 Å². The van der Waals surface area contributed by atoms with Crippen LogP contribution in [0.5, 0.6) is 11.5 Å². The average Bonchev–Trinajstić information content (AvgIpc) is 3.89. The van der Waals surface area contributed by atoms with E-state index in [1.807, 2.05) is 12.1 Å². The van der Waals surface area contributed by atoms with Crippen LogP contribution in [0.25, 0.3) is 11.1 Å². The highest BCUT2D eigenvalue weighted by Gasteiger charge is 2.35. The van der Waals surface area contributed by atoms with E-state index in [1.54, 1.807) is 7.11 Å². The van der Waals surface area contributed by atoms with E-state index in [0.717, 1.165) is 43.3 Å². The molecule has 0 bridgehead atoms. The topological polar surface area (TPSA) is 59.0 Å². The lowest BCUT2D eigenvalue weighted by molar-refractivity contribution is -0.134. The van der Waals surface area contributed by atoms with Crippen LogP contribution < -0.4 is 19.6 Å². The standard InChI is InChI=1S/C33H39NO4Si/c1-37-27-11-14-31(26-9-7-25(8-10-26)24-5-6-24)32(20-27)34-17-15-23(16-18-34)21-38-28-3-2-4-30(19-28)39(22-33(35)36)29-12-13-29/h2-4,7-11,14,19-20,23-24,29,39H,5-6,12-13,15-18,21-22H2,1H3,(H,35,36)/t39-/m0/s1. The Bertz CT molecular complexity index is 1290. The molecular weight excluding hydrogens is 502 g/mol. The molecule has 6 rings (SSSR count). The third-order valence-electron chi connectivity index (χ3n) is 8.79. The van der Waals surface area contributed by atoms with Gasteiger partial charge in [0.25, 0.3) is 0 Å². The van der Waals surface area contributed by atoms with Crippen molar-refractivity contribution in [2.75, 3.05) is 31.7 Å². The van der Waals surface area contributed by atoms with Crippen molar-refractivity contribution < 1.29 is 19.4 Å². The lowest BCUT2D eigenvalue weighted by Gasteiger charge is -2.35. The molecule has 1 aliphatic heterocycles. The fourth-order valence-electron chi connectivity index (χ4n) is 6.13. The van der Waals surface area contributed by atoms with Crippen LogP contribution in [-0.2, 0) is 4.79 Å². The van der Waals surface area contributed by atoms with E-state index in [1.165, 1.54) is 53.2 Å². The van der Waals surface area contributed by atoms with Crippen molar-refractivity contribution in [3.8, 4) is 22.6 Å². The molecule has 6 heteroatoms. The molecule has 2 aliphatic carbocycles. The van der Waals surface area contributed by atoms with Crippen LogP contribution in [0.3, 0.4) is 0 Å². The molecule has 3 aromatic rings. The molecule has 3 aliphatic rings. The molecule has 1 saturated heterocycles. The summed E-state index contributed by atoms with van der Waals surface area (Å²) in [6, 6.07) is 24.3. The van der Waals surface area contributed by atoms with E-state index in [9.17, 15) is 9.90 Å². The Balaban J connectivity index is 1.09. The SMILES string of the molecule is COc1ccc(-c2ccc(C3CC3)cc2)c(N2CCC(COc3cccc([Si@@H](CC(=O)O)C4CC4)c3)CC2)c1. The second-order valence-corrected chi connectivity index (χ2v) is 14.9.